The van der Waals surface area contributed by atoms with Gasteiger partial charge in [-0.1, -0.05) is 0 Å². The molecule has 0 spiro atoms. The lowest BCUT2D eigenvalue weighted by molar-refractivity contribution is -0.141. The van der Waals surface area contributed by atoms with Crippen LogP contribution in [0.2, 0.25) is 0 Å². The zero-order valence-corrected chi connectivity index (χ0v) is 10.2. The Balaban J connectivity index is 2.56. The summed E-state index contributed by atoms with van der Waals surface area (Å²) < 4.78 is 36.7. The van der Waals surface area contributed by atoms with Gasteiger partial charge in [-0.25, -0.2) is 4.98 Å². The molecule has 0 aliphatic rings. The number of halogens is 3. The molecule has 1 heterocycles. The quantitative estimate of drug-likeness (QED) is 0.557. The lowest BCUT2D eigenvalue weighted by Crippen LogP contribution is -2.36. The summed E-state index contributed by atoms with van der Waals surface area (Å²) in [5.41, 5.74) is -1.12. The van der Waals surface area contributed by atoms with Crippen molar-refractivity contribution in [3.8, 4) is 0 Å². The molecule has 0 bridgehead atoms. The van der Waals surface area contributed by atoms with Crippen molar-refractivity contribution in [3.05, 3.63) is 24.0 Å². The molecule has 0 unspecified atom stereocenters. The first kappa shape index (κ1) is 15.9. The zero-order valence-electron chi connectivity index (χ0n) is 10.2. The Bertz CT molecular complexity index is 474. The van der Waals surface area contributed by atoms with Crippen molar-refractivity contribution in [1.29, 1.82) is 0 Å². The summed E-state index contributed by atoms with van der Waals surface area (Å²) in [4.78, 5) is 25.7. The lowest BCUT2D eigenvalue weighted by atomic mass is 10.3. The van der Waals surface area contributed by atoms with E-state index < -0.39 is 23.7 Å². The molecule has 20 heavy (non-hydrogen) atoms. The number of pyridine rings is 1. The van der Waals surface area contributed by atoms with Crippen LogP contribution in [0.3, 0.4) is 0 Å². The number of amides is 2. The predicted octanol–water partition coefficient (Wildman–Crippen LogP) is 0.538. The predicted molar refractivity (Wildman–Crippen MR) is 62.6 cm³/mol. The van der Waals surface area contributed by atoms with Crippen molar-refractivity contribution in [2.24, 2.45) is 0 Å². The van der Waals surface area contributed by atoms with Gasteiger partial charge in [0.25, 0.3) is 0 Å². The minimum atomic E-state index is -4.57. The van der Waals surface area contributed by atoms with E-state index >= 15 is 0 Å². The van der Waals surface area contributed by atoms with Gasteiger partial charge in [-0.15, -0.1) is 0 Å². The van der Waals surface area contributed by atoms with E-state index in [9.17, 15) is 22.8 Å². The summed E-state index contributed by atoms with van der Waals surface area (Å²) in [7, 11) is 0. The molecule has 1 aromatic rings. The molecule has 0 aliphatic heterocycles. The molecule has 6 nitrogen and oxygen atoms in total. The van der Waals surface area contributed by atoms with Crippen molar-refractivity contribution < 1.29 is 27.9 Å². The molecule has 0 atom stereocenters. The van der Waals surface area contributed by atoms with Gasteiger partial charge in [-0.05, 0) is 18.6 Å². The number of aromatic nitrogens is 1. The summed E-state index contributed by atoms with van der Waals surface area (Å²) in [6, 6.07) is 1.69. The van der Waals surface area contributed by atoms with Crippen LogP contribution in [0, 0.1) is 0 Å². The van der Waals surface area contributed by atoms with E-state index in [1.807, 2.05) is 0 Å². The average Bonchev–Trinajstić information content (AvgIpc) is 2.38. The SMILES string of the molecule is O=C(NCCCO)C(=O)Nc1ccc(C(F)(F)F)nc1. The van der Waals surface area contributed by atoms with E-state index in [0.717, 1.165) is 12.3 Å². The fourth-order valence-electron chi connectivity index (χ4n) is 1.18. The Kier molecular flexibility index (Phi) is 5.44. The fourth-order valence-corrected chi connectivity index (χ4v) is 1.18. The second-order valence-electron chi connectivity index (χ2n) is 3.72. The second kappa shape index (κ2) is 6.85. The zero-order chi connectivity index (χ0) is 15.2. The molecule has 0 aromatic carbocycles. The number of carbonyl (C=O) groups is 2. The molecular weight excluding hydrogens is 279 g/mol. The van der Waals surface area contributed by atoms with Crippen LogP contribution in [-0.4, -0.2) is 35.1 Å². The van der Waals surface area contributed by atoms with Gasteiger partial charge in [0.05, 0.1) is 11.9 Å². The fraction of sp³-hybridized carbons (Fsp3) is 0.364. The third-order valence-corrected chi connectivity index (χ3v) is 2.14. The van der Waals surface area contributed by atoms with Crippen LogP contribution < -0.4 is 10.6 Å². The van der Waals surface area contributed by atoms with Gasteiger partial charge >= 0.3 is 18.0 Å². The van der Waals surface area contributed by atoms with Crippen molar-refractivity contribution in [2.45, 2.75) is 12.6 Å². The largest absolute Gasteiger partial charge is 0.433 e. The third-order valence-electron chi connectivity index (χ3n) is 2.14. The smallest absolute Gasteiger partial charge is 0.396 e. The molecule has 1 rings (SSSR count). The van der Waals surface area contributed by atoms with E-state index in [4.69, 9.17) is 5.11 Å². The summed E-state index contributed by atoms with van der Waals surface area (Å²) >= 11 is 0. The van der Waals surface area contributed by atoms with E-state index in [1.54, 1.807) is 0 Å². The average molecular weight is 291 g/mol. The van der Waals surface area contributed by atoms with Crippen LogP contribution >= 0.6 is 0 Å². The number of aliphatic hydroxyl groups excluding tert-OH is 1. The van der Waals surface area contributed by atoms with Crippen LogP contribution in [0.15, 0.2) is 18.3 Å². The Hall–Kier alpha value is -2.16. The molecule has 1 aromatic heterocycles. The molecule has 0 radical (unpaired) electrons. The molecule has 0 fully saturated rings. The number of rotatable bonds is 4. The van der Waals surface area contributed by atoms with Gasteiger partial charge in [0.15, 0.2) is 0 Å². The summed E-state index contributed by atoms with van der Waals surface area (Å²) in [5.74, 6) is -1.97. The first-order valence-corrected chi connectivity index (χ1v) is 5.58. The van der Waals surface area contributed by atoms with Gasteiger partial charge in [0.1, 0.15) is 5.69 Å². The van der Waals surface area contributed by atoms with E-state index in [0.29, 0.717) is 12.5 Å². The van der Waals surface area contributed by atoms with Gasteiger partial charge in [-0.2, -0.15) is 13.2 Å². The minimum Gasteiger partial charge on any atom is -0.396 e. The van der Waals surface area contributed by atoms with E-state index in [1.165, 1.54) is 0 Å². The second-order valence-corrected chi connectivity index (χ2v) is 3.72. The summed E-state index contributed by atoms with van der Waals surface area (Å²) in [6.45, 7) is -0.0151. The van der Waals surface area contributed by atoms with Crippen molar-refractivity contribution in [2.75, 3.05) is 18.5 Å². The number of nitrogens with one attached hydrogen (secondary N) is 2. The van der Waals surface area contributed by atoms with Crippen LogP contribution in [0.4, 0.5) is 18.9 Å². The van der Waals surface area contributed by atoms with Crippen molar-refractivity contribution in [1.82, 2.24) is 10.3 Å². The molecule has 0 saturated carbocycles. The molecule has 0 saturated heterocycles. The standard InChI is InChI=1S/C11H12F3N3O3/c12-11(13,14)8-3-2-7(6-16-8)17-10(20)9(19)15-4-1-5-18/h2-3,6,18H,1,4-5H2,(H,15,19)(H,17,20). The lowest BCUT2D eigenvalue weighted by Gasteiger charge is -2.08. The first-order chi connectivity index (χ1) is 9.34. The van der Waals surface area contributed by atoms with Crippen molar-refractivity contribution >= 4 is 17.5 Å². The van der Waals surface area contributed by atoms with E-state index in [2.05, 4.69) is 15.6 Å². The molecule has 9 heteroatoms. The monoisotopic (exact) mass is 291 g/mol. The molecule has 0 aliphatic carbocycles. The maximum Gasteiger partial charge on any atom is 0.433 e. The first-order valence-electron chi connectivity index (χ1n) is 5.58. The highest BCUT2D eigenvalue weighted by molar-refractivity contribution is 6.39. The number of aliphatic hydroxyl groups is 1. The molecule has 110 valence electrons. The Morgan fingerprint density at radius 1 is 1.25 bits per heavy atom. The van der Waals surface area contributed by atoms with Crippen LogP contribution in [0.1, 0.15) is 12.1 Å². The highest BCUT2D eigenvalue weighted by Crippen LogP contribution is 2.27. The highest BCUT2D eigenvalue weighted by Gasteiger charge is 2.32. The minimum absolute atomic E-state index is 0.0275. The normalized spacial score (nSPS) is 11.0. The van der Waals surface area contributed by atoms with Crippen LogP contribution in [0.25, 0.3) is 0 Å². The maximum atomic E-state index is 12.2. The summed E-state index contributed by atoms with van der Waals surface area (Å²) in [5, 5.41) is 12.8. The van der Waals surface area contributed by atoms with Gasteiger partial charge in [0, 0.05) is 13.2 Å². The topological polar surface area (TPSA) is 91.3 Å². The van der Waals surface area contributed by atoms with Crippen LogP contribution in [0.5, 0.6) is 0 Å². The molecular formula is C11H12F3N3O3. The Morgan fingerprint density at radius 3 is 2.45 bits per heavy atom. The third kappa shape index (κ3) is 4.84. The Labute approximate surface area is 112 Å². The molecule has 2 amide bonds. The van der Waals surface area contributed by atoms with Gasteiger partial charge < -0.3 is 15.7 Å². The maximum absolute atomic E-state index is 12.2. The van der Waals surface area contributed by atoms with Gasteiger partial charge in [0.2, 0.25) is 0 Å². The molecule has 3 N–H and O–H groups in total. The highest BCUT2D eigenvalue weighted by atomic mass is 19.4. The number of nitrogens with zero attached hydrogens (tertiary/aromatic N) is 1. The number of hydrogen-bond donors (Lipinski definition) is 3. The Morgan fingerprint density at radius 2 is 1.95 bits per heavy atom. The number of carbonyl (C=O) groups excluding carboxylic acids is 2. The summed E-state index contributed by atoms with van der Waals surface area (Å²) in [6.07, 6.45) is -3.47. The van der Waals surface area contributed by atoms with Crippen LogP contribution in [-0.2, 0) is 15.8 Å². The van der Waals surface area contributed by atoms with Crippen molar-refractivity contribution in [3.63, 3.8) is 0 Å². The number of anilines is 1. The number of alkyl halides is 3. The van der Waals surface area contributed by atoms with Gasteiger partial charge in [-0.3, -0.25) is 9.59 Å². The number of hydrogen-bond acceptors (Lipinski definition) is 4. The van der Waals surface area contributed by atoms with E-state index in [-0.39, 0.29) is 18.8 Å².